The number of rotatable bonds is 5. The summed E-state index contributed by atoms with van der Waals surface area (Å²) in [5.74, 6) is 0.612. The monoisotopic (exact) mass is 278 g/mol. The zero-order valence-electron chi connectivity index (χ0n) is 12.8. The largest absolute Gasteiger partial charge is 0.353 e. The van der Waals surface area contributed by atoms with Gasteiger partial charge in [-0.05, 0) is 38.1 Å². The normalized spacial score (nSPS) is 18.8. The summed E-state index contributed by atoms with van der Waals surface area (Å²) in [6.07, 6.45) is 3.11. The number of nitrogens with zero attached hydrogens (tertiary/aromatic N) is 3. The summed E-state index contributed by atoms with van der Waals surface area (Å²) in [7, 11) is 4.13. The van der Waals surface area contributed by atoms with Crippen LogP contribution in [-0.2, 0) is 13.6 Å². The molecule has 1 aromatic heterocycles. The van der Waals surface area contributed by atoms with Crippen LogP contribution in [0.15, 0.2) is 18.3 Å². The molecule has 1 fully saturated rings. The zero-order valence-corrected chi connectivity index (χ0v) is 12.8. The van der Waals surface area contributed by atoms with Gasteiger partial charge in [0, 0.05) is 38.6 Å². The number of carbonyl (C=O) groups is 1. The Morgan fingerprint density at radius 2 is 2.35 bits per heavy atom. The minimum absolute atomic E-state index is 0.0628. The molecule has 5 nitrogen and oxygen atoms in total. The Morgan fingerprint density at radius 3 is 3.00 bits per heavy atom. The molecule has 112 valence electrons. The molecule has 0 aliphatic carbocycles. The number of aryl methyl sites for hydroxylation is 1. The molecule has 1 N–H and O–H groups in total. The third kappa shape index (κ3) is 3.76. The number of hydrogen-bond donors (Lipinski definition) is 1. The topological polar surface area (TPSA) is 40.5 Å². The lowest BCUT2D eigenvalue weighted by Gasteiger charge is -2.20. The number of urea groups is 1. The Labute approximate surface area is 121 Å². The Morgan fingerprint density at radius 1 is 1.55 bits per heavy atom. The molecule has 0 aromatic carbocycles. The SMILES string of the molecule is CCN(C)C[C@@H]1CCN(C(=O)NCc2cccn2C)C1. The van der Waals surface area contributed by atoms with Gasteiger partial charge in [0.2, 0.25) is 0 Å². The van der Waals surface area contributed by atoms with Crippen molar-refractivity contribution >= 4 is 6.03 Å². The number of nitrogens with one attached hydrogen (secondary N) is 1. The quantitative estimate of drug-likeness (QED) is 0.887. The second-order valence-corrected chi connectivity index (χ2v) is 5.72. The first-order chi connectivity index (χ1) is 9.60. The molecule has 1 aliphatic heterocycles. The third-order valence-corrected chi connectivity index (χ3v) is 4.15. The van der Waals surface area contributed by atoms with Crippen LogP contribution >= 0.6 is 0 Å². The molecule has 2 rings (SSSR count). The molecule has 2 amide bonds. The smallest absolute Gasteiger partial charge is 0.317 e. The molecule has 0 bridgehead atoms. The van der Waals surface area contributed by atoms with Crippen LogP contribution in [0.4, 0.5) is 4.79 Å². The van der Waals surface area contributed by atoms with Crippen LogP contribution in [0.5, 0.6) is 0 Å². The van der Waals surface area contributed by atoms with Gasteiger partial charge in [-0.3, -0.25) is 0 Å². The van der Waals surface area contributed by atoms with Crippen molar-refractivity contribution in [2.45, 2.75) is 19.9 Å². The third-order valence-electron chi connectivity index (χ3n) is 4.15. The average molecular weight is 278 g/mol. The van der Waals surface area contributed by atoms with Crippen molar-refractivity contribution < 1.29 is 4.79 Å². The van der Waals surface area contributed by atoms with Gasteiger partial charge >= 0.3 is 6.03 Å². The van der Waals surface area contributed by atoms with Crippen molar-refractivity contribution in [3.8, 4) is 0 Å². The molecule has 20 heavy (non-hydrogen) atoms. The van der Waals surface area contributed by atoms with E-state index < -0.39 is 0 Å². The molecule has 1 atom stereocenters. The number of likely N-dealkylation sites (tertiary alicyclic amines) is 1. The molecule has 2 heterocycles. The predicted molar refractivity (Wildman–Crippen MR) is 80.5 cm³/mol. The van der Waals surface area contributed by atoms with Gasteiger partial charge in [-0.1, -0.05) is 6.92 Å². The lowest BCUT2D eigenvalue weighted by atomic mass is 10.1. The van der Waals surface area contributed by atoms with E-state index in [1.54, 1.807) is 0 Å². The highest BCUT2D eigenvalue weighted by Gasteiger charge is 2.26. The van der Waals surface area contributed by atoms with E-state index in [0.717, 1.165) is 38.3 Å². The van der Waals surface area contributed by atoms with E-state index in [0.29, 0.717) is 12.5 Å². The molecular formula is C15H26N4O. The summed E-state index contributed by atoms with van der Waals surface area (Å²) >= 11 is 0. The van der Waals surface area contributed by atoms with Crippen LogP contribution in [0, 0.1) is 5.92 Å². The second kappa shape index (κ2) is 6.79. The lowest BCUT2D eigenvalue weighted by molar-refractivity contribution is 0.204. The summed E-state index contributed by atoms with van der Waals surface area (Å²) in [5, 5.41) is 3.01. The van der Waals surface area contributed by atoms with E-state index in [1.165, 1.54) is 0 Å². The lowest BCUT2D eigenvalue weighted by Crippen LogP contribution is -2.39. The molecule has 1 saturated heterocycles. The van der Waals surface area contributed by atoms with Crippen molar-refractivity contribution in [3.63, 3.8) is 0 Å². The average Bonchev–Trinajstić information content (AvgIpc) is 3.05. The molecule has 0 unspecified atom stereocenters. The van der Waals surface area contributed by atoms with Gasteiger partial charge < -0.3 is 19.7 Å². The molecular weight excluding hydrogens is 252 g/mol. The molecule has 0 radical (unpaired) electrons. The first kappa shape index (κ1) is 14.9. The number of amides is 2. The van der Waals surface area contributed by atoms with Crippen LogP contribution in [0.2, 0.25) is 0 Å². The van der Waals surface area contributed by atoms with Gasteiger partial charge in [-0.15, -0.1) is 0 Å². The Hall–Kier alpha value is -1.49. The Bertz CT molecular complexity index is 443. The van der Waals surface area contributed by atoms with Crippen molar-refractivity contribution in [1.82, 2.24) is 19.7 Å². The number of hydrogen-bond acceptors (Lipinski definition) is 2. The van der Waals surface area contributed by atoms with Crippen LogP contribution in [-0.4, -0.2) is 53.6 Å². The zero-order chi connectivity index (χ0) is 14.5. The highest BCUT2D eigenvalue weighted by molar-refractivity contribution is 5.74. The highest BCUT2D eigenvalue weighted by Crippen LogP contribution is 2.17. The van der Waals surface area contributed by atoms with E-state index in [-0.39, 0.29) is 6.03 Å². The molecule has 5 heteroatoms. The van der Waals surface area contributed by atoms with Crippen LogP contribution < -0.4 is 5.32 Å². The first-order valence-electron chi connectivity index (χ1n) is 7.41. The van der Waals surface area contributed by atoms with Crippen molar-refractivity contribution in [1.29, 1.82) is 0 Å². The van der Waals surface area contributed by atoms with E-state index in [1.807, 2.05) is 34.8 Å². The van der Waals surface area contributed by atoms with Crippen LogP contribution in [0.1, 0.15) is 19.0 Å². The standard InChI is InChI=1S/C15H26N4O/c1-4-17(2)11-13-7-9-19(12-13)15(20)16-10-14-6-5-8-18(14)3/h5-6,8,13H,4,7,9-12H2,1-3H3,(H,16,20)/t13-/m0/s1. The first-order valence-corrected chi connectivity index (χ1v) is 7.41. The van der Waals surface area contributed by atoms with E-state index >= 15 is 0 Å². The Balaban J connectivity index is 1.75. The van der Waals surface area contributed by atoms with Gasteiger partial charge in [-0.2, -0.15) is 0 Å². The van der Waals surface area contributed by atoms with Gasteiger partial charge in [-0.25, -0.2) is 4.79 Å². The minimum atomic E-state index is 0.0628. The molecule has 1 aromatic rings. The van der Waals surface area contributed by atoms with E-state index in [2.05, 4.69) is 24.2 Å². The minimum Gasteiger partial charge on any atom is -0.353 e. The van der Waals surface area contributed by atoms with E-state index in [9.17, 15) is 4.79 Å². The summed E-state index contributed by atoms with van der Waals surface area (Å²) in [6, 6.07) is 4.09. The van der Waals surface area contributed by atoms with Gasteiger partial charge in [0.15, 0.2) is 0 Å². The predicted octanol–water partition coefficient (Wildman–Crippen LogP) is 1.51. The van der Waals surface area contributed by atoms with Gasteiger partial charge in [0.05, 0.1) is 6.54 Å². The maximum atomic E-state index is 12.1. The van der Waals surface area contributed by atoms with Crippen LogP contribution in [0.3, 0.4) is 0 Å². The second-order valence-electron chi connectivity index (χ2n) is 5.72. The van der Waals surface area contributed by atoms with E-state index in [4.69, 9.17) is 0 Å². The van der Waals surface area contributed by atoms with Crippen molar-refractivity contribution in [2.24, 2.45) is 13.0 Å². The summed E-state index contributed by atoms with van der Waals surface area (Å²) in [4.78, 5) is 16.4. The van der Waals surface area contributed by atoms with Crippen LogP contribution in [0.25, 0.3) is 0 Å². The Kier molecular flexibility index (Phi) is 5.06. The fourth-order valence-corrected chi connectivity index (χ4v) is 2.69. The maximum Gasteiger partial charge on any atom is 0.317 e. The summed E-state index contributed by atoms with van der Waals surface area (Å²) in [6.45, 7) is 6.66. The molecule has 0 spiro atoms. The van der Waals surface area contributed by atoms with Gasteiger partial charge in [0.25, 0.3) is 0 Å². The van der Waals surface area contributed by atoms with Crippen molar-refractivity contribution in [3.05, 3.63) is 24.0 Å². The number of carbonyl (C=O) groups excluding carboxylic acids is 1. The van der Waals surface area contributed by atoms with Crippen molar-refractivity contribution in [2.75, 3.05) is 33.2 Å². The number of aromatic nitrogens is 1. The molecule has 0 saturated carbocycles. The summed E-state index contributed by atoms with van der Waals surface area (Å²) < 4.78 is 2.03. The highest BCUT2D eigenvalue weighted by atomic mass is 16.2. The summed E-state index contributed by atoms with van der Waals surface area (Å²) in [5.41, 5.74) is 1.12. The fraction of sp³-hybridized carbons (Fsp3) is 0.667. The maximum absolute atomic E-state index is 12.1. The molecule has 1 aliphatic rings. The van der Waals surface area contributed by atoms with Gasteiger partial charge in [0.1, 0.15) is 0 Å². The fourth-order valence-electron chi connectivity index (χ4n) is 2.69.